The van der Waals surface area contributed by atoms with Gasteiger partial charge in [0.1, 0.15) is 0 Å². The number of aliphatic carboxylic acids is 1. The maximum atomic E-state index is 11.5. The van der Waals surface area contributed by atoms with Crippen LogP contribution in [-0.2, 0) is 14.6 Å². The van der Waals surface area contributed by atoms with Crippen LogP contribution in [0.3, 0.4) is 0 Å². The van der Waals surface area contributed by atoms with E-state index in [4.69, 9.17) is 0 Å². The Morgan fingerprint density at radius 2 is 1.75 bits per heavy atom. The zero-order valence-corrected chi connectivity index (χ0v) is 6.41. The van der Waals surface area contributed by atoms with E-state index in [-0.39, 0.29) is 0 Å². The molecule has 0 heterocycles. The summed E-state index contributed by atoms with van der Waals surface area (Å²) in [4.78, 5) is 9.63. The fraction of sp³-hybridized carbons (Fsp3) is 0.750. The van der Waals surface area contributed by atoms with Gasteiger partial charge < -0.3 is 9.90 Å². The third-order valence-corrected chi connectivity index (χ3v) is 2.37. The molecule has 0 aliphatic heterocycles. The molecule has 0 atom stereocenters. The van der Waals surface area contributed by atoms with Crippen LogP contribution in [0.1, 0.15) is 6.42 Å². The van der Waals surface area contributed by atoms with Gasteiger partial charge in [-0.25, -0.2) is 8.42 Å². The molecule has 12 heavy (non-hydrogen) atoms. The van der Waals surface area contributed by atoms with Crippen LogP contribution < -0.4 is 5.11 Å². The summed E-state index contributed by atoms with van der Waals surface area (Å²) in [6, 6.07) is 0. The van der Waals surface area contributed by atoms with E-state index in [9.17, 15) is 31.5 Å². The van der Waals surface area contributed by atoms with Crippen LogP contribution in [0.25, 0.3) is 0 Å². The molecular formula is C4H4F3O4S-. The third-order valence-electron chi connectivity index (χ3n) is 0.928. The second kappa shape index (κ2) is 3.30. The van der Waals surface area contributed by atoms with Crippen LogP contribution in [-0.4, -0.2) is 25.6 Å². The molecule has 0 amide bonds. The summed E-state index contributed by atoms with van der Waals surface area (Å²) in [6.45, 7) is 0. The number of carboxylic acids is 1. The van der Waals surface area contributed by atoms with E-state index in [2.05, 4.69) is 0 Å². The van der Waals surface area contributed by atoms with Gasteiger partial charge >= 0.3 is 5.51 Å². The summed E-state index contributed by atoms with van der Waals surface area (Å²) < 4.78 is 54.7. The van der Waals surface area contributed by atoms with Crippen molar-refractivity contribution >= 4 is 15.8 Å². The third kappa shape index (κ3) is 3.07. The van der Waals surface area contributed by atoms with E-state index < -0.39 is 33.5 Å². The van der Waals surface area contributed by atoms with Crippen molar-refractivity contribution in [2.45, 2.75) is 11.9 Å². The number of carbonyl (C=O) groups is 1. The fourth-order valence-corrected chi connectivity index (χ4v) is 1.00. The number of sulfone groups is 1. The molecule has 0 N–H and O–H groups in total. The van der Waals surface area contributed by atoms with Gasteiger partial charge in [-0.3, -0.25) is 0 Å². The molecule has 0 fully saturated rings. The first kappa shape index (κ1) is 11.2. The molecule has 72 valence electrons. The number of hydrogen-bond donors (Lipinski definition) is 0. The van der Waals surface area contributed by atoms with Crippen molar-refractivity contribution in [3.05, 3.63) is 0 Å². The largest absolute Gasteiger partial charge is 0.550 e. The lowest BCUT2D eigenvalue weighted by Crippen LogP contribution is -2.31. The quantitative estimate of drug-likeness (QED) is 0.596. The van der Waals surface area contributed by atoms with Crippen molar-refractivity contribution in [2.75, 3.05) is 5.75 Å². The van der Waals surface area contributed by atoms with E-state index in [1.807, 2.05) is 0 Å². The fourth-order valence-electron chi connectivity index (χ4n) is 0.333. The van der Waals surface area contributed by atoms with Crippen LogP contribution in [0, 0.1) is 0 Å². The topological polar surface area (TPSA) is 74.3 Å². The standard InChI is InChI=1S/C4H5F3O4S/c5-4(6,7)12(10,11)2-1-3(8)9/h1-2H2,(H,8,9)/p-1. The van der Waals surface area contributed by atoms with E-state index >= 15 is 0 Å². The van der Waals surface area contributed by atoms with Crippen molar-refractivity contribution < 1.29 is 31.5 Å². The van der Waals surface area contributed by atoms with Crippen LogP contribution >= 0.6 is 0 Å². The van der Waals surface area contributed by atoms with Gasteiger partial charge in [-0.15, -0.1) is 0 Å². The highest BCUT2D eigenvalue weighted by Crippen LogP contribution is 2.23. The van der Waals surface area contributed by atoms with Crippen LogP contribution in [0.15, 0.2) is 0 Å². The lowest BCUT2D eigenvalue weighted by Gasteiger charge is -2.07. The molecule has 0 aromatic rings. The number of halogens is 3. The number of carbonyl (C=O) groups excluding carboxylic acids is 1. The van der Waals surface area contributed by atoms with Gasteiger partial charge in [0.05, 0.1) is 5.75 Å². The molecule has 0 bridgehead atoms. The Morgan fingerprint density at radius 3 is 2.00 bits per heavy atom. The summed E-state index contributed by atoms with van der Waals surface area (Å²) in [5.74, 6) is -3.30. The molecule has 0 saturated heterocycles. The van der Waals surface area contributed by atoms with Gasteiger partial charge in [0.25, 0.3) is 0 Å². The maximum absolute atomic E-state index is 11.5. The van der Waals surface area contributed by atoms with Crippen molar-refractivity contribution in [3.63, 3.8) is 0 Å². The van der Waals surface area contributed by atoms with Gasteiger partial charge in [-0.05, 0) is 0 Å². The van der Waals surface area contributed by atoms with Crippen LogP contribution in [0.2, 0.25) is 0 Å². The molecule has 0 saturated carbocycles. The van der Waals surface area contributed by atoms with Gasteiger partial charge in [0.15, 0.2) is 0 Å². The number of hydrogen-bond acceptors (Lipinski definition) is 4. The Bertz CT molecular complexity index is 265. The monoisotopic (exact) mass is 205 g/mol. The summed E-state index contributed by atoms with van der Waals surface area (Å²) in [6.07, 6.45) is -1.15. The summed E-state index contributed by atoms with van der Waals surface area (Å²) >= 11 is 0. The minimum Gasteiger partial charge on any atom is -0.550 e. The molecule has 0 aliphatic carbocycles. The molecular weight excluding hydrogens is 201 g/mol. The van der Waals surface area contributed by atoms with E-state index in [0.29, 0.717) is 0 Å². The lowest BCUT2D eigenvalue weighted by molar-refractivity contribution is -0.305. The molecule has 0 rings (SSSR count). The first-order chi connectivity index (χ1) is 5.17. The van der Waals surface area contributed by atoms with Gasteiger partial charge in [-0.2, -0.15) is 13.2 Å². The Labute approximate surface area is 65.9 Å². The molecule has 8 heteroatoms. The zero-order chi connectivity index (χ0) is 9.99. The summed E-state index contributed by atoms with van der Waals surface area (Å²) in [5, 5.41) is 9.63. The van der Waals surface area contributed by atoms with E-state index in [1.54, 1.807) is 0 Å². The van der Waals surface area contributed by atoms with Crippen molar-refractivity contribution in [2.24, 2.45) is 0 Å². The average molecular weight is 205 g/mol. The Balaban J connectivity index is 4.37. The second-order valence-corrected chi connectivity index (χ2v) is 3.99. The molecule has 0 aromatic heterocycles. The number of rotatable bonds is 3. The minimum absolute atomic E-state index is 1.15. The van der Waals surface area contributed by atoms with Crippen molar-refractivity contribution in [1.82, 2.24) is 0 Å². The Morgan fingerprint density at radius 1 is 1.33 bits per heavy atom. The van der Waals surface area contributed by atoms with Gasteiger partial charge in [0, 0.05) is 12.4 Å². The number of carboxylic acid groups (broad SMARTS) is 1. The van der Waals surface area contributed by atoms with Crippen molar-refractivity contribution in [3.8, 4) is 0 Å². The van der Waals surface area contributed by atoms with Crippen molar-refractivity contribution in [1.29, 1.82) is 0 Å². The second-order valence-electron chi connectivity index (χ2n) is 1.89. The molecule has 0 aromatic carbocycles. The molecule has 0 aliphatic rings. The van der Waals surface area contributed by atoms with Crippen LogP contribution in [0.5, 0.6) is 0 Å². The Kier molecular flexibility index (Phi) is 3.08. The first-order valence-corrected chi connectivity index (χ1v) is 4.31. The van der Waals surface area contributed by atoms with E-state index in [0.717, 1.165) is 0 Å². The SMILES string of the molecule is O=C([O-])CCS(=O)(=O)C(F)(F)F. The number of alkyl halides is 3. The average Bonchev–Trinajstić information content (AvgIpc) is 1.81. The summed E-state index contributed by atoms with van der Waals surface area (Å²) in [5.41, 5.74) is -5.39. The van der Waals surface area contributed by atoms with E-state index in [1.165, 1.54) is 0 Å². The molecule has 0 unspecified atom stereocenters. The lowest BCUT2D eigenvalue weighted by atomic mass is 10.5. The van der Waals surface area contributed by atoms with Crippen LogP contribution in [0.4, 0.5) is 13.2 Å². The highest BCUT2D eigenvalue weighted by molar-refractivity contribution is 7.92. The first-order valence-electron chi connectivity index (χ1n) is 2.65. The predicted octanol–water partition coefficient (Wildman–Crippen LogP) is -0.939. The Hall–Kier alpha value is -0.790. The molecule has 0 radical (unpaired) electrons. The highest BCUT2D eigenvalue weighted by Gasteiger charge is 2.44. The smallest absolute Gasteiger partial charge is 0.497 e. The maximum Gasteiger partial charge on any atom is 0.497 e. The zero-order valence-electron chi connectivity index (χ0n) is 5.59. The van der Waals surface area contributed by atoms with Gasteiger partial charge in [-0.1, -0.05) is 0 Å². The normalized spacial score (nSPS) is 12.9. The highest BCUT2D eigenvalue weighted by atomic mass is 32.2. The van der Waals surface area contributed by atoms with Gasteiger partial charge in [0.2, 0.25) is 9.84 Å². The molecule has 0 spiro atoms. The predicted molar refractivity (Wildman–Crippen MR) is 29.5 cm³/mol. The summed E-state index contributed by atoms with van der Waals surface area (Å²) in [7, 11) is -5.31. The minimum atomic E-state index is -5.39. The molecule has 4 nitrogen and oxygen atoms in total.